The predicted molar refractivity (Wildman–Crippen MR) is 86.9 cm³/mol. The van der Waals surface area contributed by atoms with Crippen molar-refractivity contribution in [2.45, 2.75) is 0 Å². The molecule has 0 saturated heterocycles. The molecule has 122 valence electrons. The smallest absolute Gasteiger partial charge is 0.258 e. The largest absolute Gasteiger partial charge is 0.492 e. The maximum atomic E-state index is 12.7. The van der Waals surface area contributed by atoms with Gasteiger partial charge in [-0.3, -0.25) is 4.79 Å². The first-order valence-electron chi connectivity index (χ1n) is 6.77. The number of carbonyl (C=O) groups excluding carboxylic acids is 1. The van der Waals surface area contributed by atoms with Gasteiger partial charge >= 0.3 is 0 Å². The molecule has 2 aromatic rings. The Labute approximate surface area is 143 Å². The highest BCUT2D eigenvalue weighted by Crippen LogP contribution is 2.27. The third kappa shape index (κ3) is 5.96. The predicted octanol–water partition coefficient (Wildman–Crippen LogP) is 3.71. The zero-order chi connectivity index (χ0) is 16.7. The minimum atomic E-state index is -0.330. The van der Waals surface area contributed by atoms with E-state index in [1.165, 1.54) is 30.3 Å². The average Bonchev–Trinajstić information content (AvgIpc) is 2.52. The molecule has 0 aliphatic rings. The molecule has 23 heavy (non-hydrogen) atoms. The summed E-state index contributed by atoms with van der Waals surface area (Å²) in [7, 11) is 0. The Balaban J connectivity index is 1.66. The van der Waals surface area contributed by atoms with Crippen LogP contribution in [-0.2, 0) is 4.79 Å². The summed E-state index contributed by atoms with van der Waals surface area (Å²) in [5.41, 5.74) is 0. The summed E-state index contributed by atoms with van der Waals surface area (Å²) >= 11 is 11.7. The molecule has 0 aromatic heterocycles. The van der Waals surface area contributed by atoms with Crippen molar-refractivity contribution in [2.24, 2.45) is 0 Å². The Kier molecular flexibility index (Phi) is 6.50. The number of ether oxygens (including phenoxy) is 2. The monoisotopic (exact) mass is 357 g/mol. The van der Waals surface area contributed by atoms with E-state index in [4.69, 9.17) is 32.7 Å². The molecule has 2 aromatic carbocycles. The molecule has 0 heterocycles. The molecule has 0 aliphatic heterocycles. The molecule has 0 unspecified atom stereocenters. The summed E-state index contributed by atoms with van der Waals surface area (Å²) in [6, 6.07) is 10.4. The van der Waals surface area contributed by atoms with Crippen LogP contribution in [-0.4, -0.2) is 25.7 Å². The summed E-state index contributed by atoms with van der Waals surface area (Å²) in [6.07, 6.45) is 0. The van der Waals surface area contributed by atoms with Crippen LogP contribution in [0.15, 0.2) is 42.5 Å². The van der Waals surface area contributed by atoms with Crippen molar-refractivity contribution in [3.05, 3.63) is 58.3 Å². The van der Waals surface area contributed by atoms with Crippen LogP contribution in [0.5, 0.6) is 11.5 Å². The second kappa shape index (κ2) is 8.60. The van der Waals surface area contributed by atoms with E-state index in [2.05, 4.69) is 5.32 Å². The van der Waals surface area contributed by atoms with Crippen LogP contribution in [0.4, 0.5) is 4.39 Å². The van der Waals surface area contributed by atoms with Crippen molar-refractivity contribution in [1.29, 1.82) is 0 Å². The normalized spacial score (nSPS) is 10.2. The number of nitrogens with one attached hydrogen (secondary N) is 1. The number of amides is 1. The highest BCUT2D eigenvalue weighted by molar-refractivity contribution is 6.35. The molecule has 1 N–H and O–H groups in total. The Bertz CT molecular complexity index is 665. The molecule has 0 fully saturated rings. The quantitative estimate of drug-likeness (QED) is 0.768. The van der Waals surface area contributed by atoms with Gasteiger partial charge in [0.15, 0.2) is 6.61 Å². The molecule has 0 bridgehead atoms. The fourth-order valence-electron chi connectivity index (χ4n) is 1.68. The Morgan fingerprint density at radius 3 is 2.52 bits per heavy atom. The lowest BCUT2D eigenvalue weighted by molar-refractivity contribution is -0.123. The van der Waals surface area contributed by atoms with Gasteiger partial charge in [0.25, 0.3) is 5.91 Å². The third-order valence-electron chi connectivity index (χ3n) is 2.76. The fraction of sp³-hybridized carbons (Fsp3) is 0.188. The number of hydrogen-bond acceptors (Lipinski definition) is 3. The Morgan fingerprint density at radius 1 is 1.09 bits per heavy atom. The zero-order valence-corrected chi connectivity index (χ0v) is 13.5. The van der Waals surface area contributed by atoms with Crippen LogP contribution in [0.2, 0.25) is 10.0 Å². The Morgan fingerprint density at radius 2 is 1.83 bits per heavy atom. The van der Waals surface area contributed by atoms with Crippen molar-refractivity contribution in [3.63, 3.8) is 0 Å². The van der Waals surface area contributed by atoms with E-state index >= 15 is 0 Å². The standard InChI is InChI=1S/C16H14Cl2FNO3/c17-11-1-6-15(14(18)9-11)23-10-16(21)20-7-8-22-13-4-2-12(19)3-5-13/h1-6,9H,7-8,10H2,(H,20,21). The summed E-state index contributed by atoms with van der Waals surface area (Å²) in [5.74, 6) is 0.279. The first-order chi connectivity index (χ1) is 11.0. The van der Waals surface area contributed by atoms with Crippen LogP contribution < -0.4 is 14.8 Å². The van der Waals surface area contributed by atoms with E-state index in [9.17, 15) is 9.18 Å². The van der Waals surface area contributed by atoms with Crippen molar-refractivity contribution in [2.75, 3.05) is 19.8 Å². The average molecular weight is 358 g/mol. The van der Waals surface area contributed by atoms with E-state index < -0.39 is 0 Å². The molecule has 0 saturated carbocycles. The van der Waals surface area contributed by atoms with Crippen LogP contribution in [0, 0.1) is 5.82 Å². The summed E-state index contributed by atoms with van der Waals surface area (Å²) in [4.78, 5) is 11.6. The number of hydrogen-bond donors (Lipinski definition) is 1. The molecule has 0 atom stereocenters. The van der Waals surface area contributed by atoms with Gasteiger partial charge in [-0.25, -0.2) is 4.39 Å². The first-order valence-corrected chi connectivity index (χ1v) is 7.53. The van der Waals surface area contributed by atoms with Crippen molar-refractivity contribution in [3.8, 4) is 11.5 Å². The highest BCUT2D eigenvalue weighted by atomic mass is 35.5. The molecule has 1 amide bonds. The maximum absolute atomic E-state index is 12.7. The molecule has 0 spiro atoms. The second-order valence-corrected chi connectivity index (χ2v) is 5.36. The molecule has 0 radical (unpaired) electrons. The SMILES string of the molecule is O=C(COc1ccc(Cl)cc1Cl)NCCOc1ccc(F)cc1. The zero-order valence-electron chi connectivity index (χ0n) is 12.0. The van der Waals surface area contributed by atoms with Gasteiger partial charge in [0.05, 0.1) is 11.6 Å². The van der Waals surface area contributed by atoms with Gasteiger partial charge in [-0.1, -0.05) is 23.2 Å². The van der Waals surface area contributed by atoms with Gasteiger partial charge in [-0.2, -0.15) is 0 Å². The van der Waals surface area contributed by atoms with Gasteiger partial charge in [0, 0.05) is 5.02 Å². The summed E-state index contributed by atoms with van der Waals surface area (Å²) < 4.78 is 23.4. The second-order valence-electron chi connectivity index (χ2n) is 4.52. The fourth-order valence-corrected chi connectivity index (χ4v) is 2.14. The van der Waals surface area contributed by atoms with E-state index in [1.807, 2.05) is 0 Å². The number of halogens is 3. The maximum Gasteiger partial charge on any atom is 0.258 e. The number of carbonyl (C=O) groups is 1. The van der Waals surface area contributed by atoms with E-state index in [0.717, 1.165) is 0 Å². The van der Waals surface area contributed by atoms with Gasteiger partial charge in [0.2, 0.25) is 0 Å². The van der Waals surface area contributed by atoms with Crippen LogP contribution in [0.25, 0.3) is 0 Å². The molecule has 2 rings (SSSR count). The summed E-state index contributed by atoms with van der Waals surface area (Å²) in [5, 5.41) is 3.46. The summed E-state index contributed by atoms with van der Waals surface area (Å²) in [6.45, 7) is 0.394. The van der Waals surface area contributed by atoms with E-state index in [0.29, 0.717) is 28.1 Å². The van der Waals surface area contributed by atoms with Gasteiger partial charge in [-0.15, -0.1) is 0 Å². The van der Waals surface area contributed by atoms with Crippen molar-refractivity contribution < 1.29 is 18.7 Å². The lowest BCUT2D eigenvalue weighted by Gasteiger charge is -2.10. The minimum Gasteiger partial charge on any atom is -0.492 e. The number of benzene rings is 2. The van der Waals surface area contributed by atoms with Crippen molar-refractivity contribution in [1.82, 2.24) is 5.32 Å². The first kappa shape index (κ1) is 17.4. The van der Waals surface area contributed by atoms with Crippen LogP contribution in [0.1, 0.15) is 0 Å². The molecule has 0 aliphatic carbocycles. The van der Waals surface area contributed by atoms with Gasteiger partial charge in [-0.05, 0) is 42.5 Å². The number of rotatable bonds is 7. The van der Waals surface area contributed by atoms with Crippen LogP contribution in [0.3, 0.4) is 0 Å². The van der Waals surface area contributed by atoms with Gasteiger partial charge < -0.3 is 14.8 Å². The van der Waals surface area contributed by atoms with Gasteiger partial charge in [0.1, 0.15) is 23.9 Å². The molecule has 4 nitrogen and oxygen atoms in total. The van der Waals surface area contributed by atoms with E-state index in [1.54, 1.807) is 12.1 Å². The lowest BCUT2D eigenvalue weighted by Crippen LogP contribution is -2.32. The Hall–Kier alpha value is -1.98. The third-order valence-corrected chi connectivity index (χ3v) is 3.29. The van der Waals surface area contributed by atoms with Crippen LogP contribution >= 0.6 is 23.2 Å². The highest BCUT2D eigenvalue weighted by Gasteiger charge is 2.06. The van der Waals surface area contributed by atoms with E-state index in [-0.39, 0.29) is 24.9 Å². The topological polar surface area (TPSA) is 47.6 Å². The van der Waals surface area contributed by atoms with Crippen molar-refractivity contribution >= 4 is 29.1 Å². The molecular formula is C16H14Cl2FNO3. The minimum absolute atomic E-state index is 0.169. The molecular weight excluding hydrogens is 344 g/mol. The lowest BCUT2D eigenvalue weighted by atomic mass is 10.3. The molecule has 7 heteroatoms.